The van der Waals surface area contributed by atoms with E-state index in [1.54, 1.807) is 0 Å². The number of fused-ring (bicyclic) bond motifs is 1. The SMILES string of the molecule is CC1CN(CC2COc3ccccc32)C(C)(C)CN1. The zero-order valence-electron chi connectivity index (χ0n) is 12.1. The second-order valence-corrected chi connectivity index (χ2v) is 6.55. The highest BCUT2D eigenvalue weighted by molar-refractivity contribution is 5.39. The van der Waals surface area contributed by atoms with E-state index >= 15 is 0 Å². The molecule has 0 aliphatic carbocycles. The maximum Gasteiger partial charge on any atom is 0.122 e. The molecule has 3 nitrogen and oxygen atoms in total. The minimum atomic E-state index is 0.226. The van der Waals surface area contributed by atoms with Gasteiger partial charge in [-0.2, -0.15) is 0 Å². The second kappa shape index (κ2) is 4.80. The van der Waals surface area contributed by atoms with Gasteiger partial charge in [-0.25, -0.2) is 0 Å². The summed E-state index contributed by atoms with van der Waals surface area (Å²) < 4.78 is 5.81. The van der Waals surface area contributed by atoms with Gasteiger partial charge < -0.3 is 10.1 Å². The van der Waals surface area contributed by atoms with Crippen molar-refractivity contribution in [1.29, 1.82) is 0 Å². The fourth-order valence-corrected chi connectivity index (χ4v) is 3.15. The van der Waals surface area contributed by atoms with E-state index < -0.39 is 0 Å². The number of hydrogen-bond acceptors (Lipinski definition) is 3. The Balaban J connectivity index is 1.75. The molecule has 104 valence electrons. The Kier molecular flexibility index (Phi) is 3.27. The first-order chi connectivity index (χ1) is 9.06. The highest BCUT2D eigenvalue weighted by atomic mass is 16.5. The maximum atomic E-state index is 5.81. The third kappa shape index (κ3) is 2.49. The van der Waals surface area contributed by atoms with Crippen molar-refractivity contribution < 1.29 is 4.74 Å². The summed E-state index contributed by atoms with van der Waals surface area (Å²) in [7, 11) is 0. The number of ether oxygens (including phenoxy) is 1. The molecular formula is C16H24N2O. The molecule has 1 aromatic carbocycles. The lowest BCUT2D eigenvalue weighted by Crippen LogP contribution is -2.61. The molecule has 2 unspecified atom stereocenters. The minimum absolute atomic E-state index is 0.226. The molecule has 3 rings (SSSR count). The molecule has 19 heavy (non-hydrogen) atoms. The van der Waals surface area contributed by atoms with Crippen molar-refractivity contribution >= 4 is 0 Å². The molecule has 1 fully saturated rings. The molecule has 0 saturated carbocycles. The van der Waals surface area contributed by atoms with E-state index in [9.17, 15) is 0 Å². The van der Waals surface area contributed by atoms with Gasteiger partial charge in [0.25, 0.3) is 0 Å². The van der Waals surface area contributed by atoms with Crippen molar-refractivity contribution in [3.63, 3.8) is 0 Å². The predicted octanol–water partition coefficient (Wildman–Crippen LogP) is 2.23. The molecule has 2 heterocycles. The van der Waals surface area contributed by atoms with Gasteiger partial charge >= 0.3 is 0 Å². The van der Waals surface area contributed by atoms with Gasteiger partial charge in [-0.15, -0.1) is 0 Å². The Bertz CT molecular complexity index is 458. The van der Waals surface area contributed by atoms with Crippen LogP contribution in [0.1, 0.15) is 32.3 Å². The van der Waals surface area contributed by atoms with Crippen LogP contribution >= 0.6 is 0 Å². The highest BCUT2D eigenvalue weighted by Gasteiger charge is 2.35. The topological polar surface area (TPSA) is 24.5 Å². The molecule has 1 N–H and O–H groups in total. The standard InChI is InChI=1S/C16H24N2O/c1-12-8-18(16(2,3)11-17-12)9-13-10-19-15-7-5-4-6-14(13)15/h4-7,12-13,17H,8-11H2,1-3H3. The summed E-state index contributed by atoms with van der Waals surface area (Å²) in [5, 5.41) is 3.57. The van der Waals surface area contributed by atoms with E-state index in [1.807, 2.05) is 0 Å². The quantitative estimate of drug-likeness (QED) is 0.882. The van der Waals surface area contributed by atoms with Crippen molar-refractivity contribution in [1.82, 2.24) is 10.2 Å². The first-order valence-corrected chi connectivity index (χ1v) is 7.26. The van der Waals surface area contributed by atoms with E-state index in [1.165, 1.54) is 5.56 Å². The summed E-state index contributed by atoms with van der Waals surface area (Å²) in [5.74, 6) is 1.59. The van der Waals surface area contributed by atoms with Crippen LogP contribution in [0.5, 0.6) is 5.75 Å². The predicted molar refractivity (Wildman–Crippen MR) is 77.8 cm³/mol. The van der Waals surface area contributed by atoms with Crippen LogP contribution in [0.2, 0.25) is 0 Å². The summed E-state index contributed by atoms with van der Waals surface area (Å²) in [6, 6.07) is 9.04. The molecule has 0 aromatic heterocycles. The highest BCUT2D eigenvalue weighted by Crippen LogP contribution is 2.35. The lowest BCUT2D eigenvalue weighted by molar-refractivity contribution is 0.0613. The molecule has 3 heteroatoms. The second-order valence-electron chi connectivity index (χ2n) is 6.55. The Morgan fingerprint density at radius 3 is 3.00 bits per heavy atom. The van der Waals surface area contributed by atoms with Crippen molar-refractivity contribution in [2.45, 2.75) is 38.3 Å². The van der Waals surface area contributed by atoms with Gasteiger partial charge in [-0.05, 0) is 26.8 Å². The Morgan fingerprint density at radius 1 is 1.37 bits per heavy atom. The number of hydrogen-bond donors (Lipinski definition) is 1. The van der Waals surface area contributed by atoms with Crippen molar-refractivity contribution in [2.75, 3.05) is 26.2 Å². The Hall–Kier alpha value is -1.06. The maximum absolute atomic E-state index is 5.81. The minimum Gasteiger partial charge on any atom is -0.493 e. The van der Waals surface area contributed by atoms with Crippen LogP contribution in [0.15, 0.2) is 24.3 Å². The average Bonchev–Trinajstić information content (AvgIpc) is 2.78. The summed E-state index contributed by atoms with van der Waals surface area (Å²) in [4.78, 5) is 2.62. The van der Waals surface area contributed by atoms with Crippen molar-refractivity contribution in [3.8, 4) is 5.75 Å². The molecule has 0 spiro atoms. The van der Waals surface area contributed by atoms with Crippen molar-refractivity contribution in [3.05, 3.63) is 29.8 Å². The fraction of sp³-hybridized carbons (Fsp3) is 0.625. The van der Waals surface area contributed by atoms with E-state index in [4.69, 9.17) is 4.74 Å². The van der Waals surface area contributed by atoms with Gasteiger partial charge in [0.2, 0.25) is 0 Å². The Labute approximate surface area is 115 Å². The van der Waals surface area contributed by atoms with Crippen LogP contribution < -0.4 is 10.1 Å². The van der Waals surface area contributed by atoms with Gasteiger partial charge in [0.05, 0.1) is 6.61 Å². The average molecular weight is 260 g/mol. The number of piperazine rings is 1. The zero-order chi connectivity index (χ0) is 13.5. The molecule has 2 atom stereocenters. The van der Waals surface area contributed by atoms with E-state index in [0.717, 1.165) is 32.0 Å². The summed E-state index contributed by atoms with van der Waals surface area (Å²) in [5.41, 5.74) is 1.61. The fourth-order valence-electron chi connectivity index (χ4n) is 3.15. The van der Waals surface area contributed by atoms with Crippen LogP contribution in [-0.4, -0.2) is 42.7 Å². The molecule has 2 aliphatic heterocycles. The lowest BCUT2D eigenvalue weighted by Gasteiger charge is -2.46. The normalized spacial score (nSPS) is 29.8. The van der Waals surface area contributed by atoms with E-state index in [0.29, 0.717) is 12.0 Å². The number of rotatable bonds is 2. The van der Waals surface area contributed by atoms with Gasteiger partial charge in [0.1, 0.15) is 5.75 Å². The van der Waals surface area contributed by atoms with Gasteiger partial charge in [0.15, 0.2) is 0 Å². The number of para-hydroxylation sites is 1. The van der Waals surface area contributed by atoms with Gasteiger partial charge in [0, 0.05) is 42.7 Å². The van der Waals surface area contributed by atoms with Crippen LogP contribution in [-0.2, 0) is 0 Å². The summed E-state index contributed by atoms with van der Waals surface area (Å²) >= 11 is 0. The molecular weight excluding hydrogens is 236 g/mol. The first-order valence-electron chi connectivity index (χ1n) is 7.26. The smallest absolute Gasteiger partial charge is 0.122 e. The zero-order valence-corrected chi connectivity index (χ0v) is 12.1. The Morgan fingerprint density at radius 2 is 2.16 bits per heavy atom. The van der Waals surface area contributed by atoms with Gasteiger partial charge in [-0.1, -0.05) is 18.2 Å². The molecule has 0 radical (unpaired) electrons. The van der Waals surface area contributed by atoms with Crippen LogP contribution in [0.3, 0.4) is 0 Å². The van der Waals surface area contributed by atoms with E-state index in [-0.39, 0.29) is 5.54 Å². The first kappa shape index (κ1) is 12.9. The third-order valence-electron chi connectivity index (χ3n) is 4.47. The number of nitrogens with zero attached hydrogens (tertiary/aromatic N) is 1. The number of nitrogens with one attached hydrogen (secondary N) is 1. The van der Waals surface area contributed by atoms with Crippen LogP contribution in [0, 0.1) is 0 Å². The molecule has 2 aliphatic rings. The van der Waals surface area contributed by atoms with E-state index in [2.05, 4.69) is 55.3 Å². The molecule has 0 amide bonds. The summed E-state index contributed by atoms with van der Waals surface area (Å²) in [6.07, 6.45) is 0. The monoisotopic (exact) mass is 260 g/mol. The van der Waals surface area contributed by atoms with Crippen molar-refractivity contribution in [2.24, 2.45) is 0 Å². The molecule has 1 aromatic rings. The van der Waals surface area contributed by atoms with Gasteiger partial charge in [-0.3, -0.25) is 4.90 Å². The number of benzene rings is 1. The largest absolute Gasteiger partial charge is 0.493 e. The lowest BCUT2D eigenvalue weighted by atomic mass is 9.93. The van der Waals surface area contributed by atoms with Crippen LogP contribution in [0.25, 0.3) is 0 Å². The van der Waals surface area contributed by atoms with Crippen LogP contribution in [0.4, 0.5) is 0 Å². The molecule has 0 bridgehead atoms. The third-order valence-corrected chi connectivity index (χ3v) is 4.47. The molecule has 1 saturated heterocycles. The summed E-state index contributed by atoms with van der Waals surface area (Å²) in [6.45, 7) is 11.0.